The molecule has 0 saturated carbocycles. The Bertz CT molecular complexity index is 431. The van der Waals surface area contributed by atoms with Gasteiger partial charge in [0.15, 0.2) is 0 Å². The molecule has 0 aliphatic heterocycles. The van der Waals surface area contributed by atoms with Crippen molar-refractivity contribution >= 4 is 41.9 Å². The van der Waals surface area contributed by atoms with Crippen molar-refractivity contribution in [3.05, 3.63) is 28.2 Å². The van der Waals surface area contributed by atoms with Crippen LogP contribution in [0.1, 0.15) is 5.56 Å². The van der Waals surface area contributed by atoms with E-state index in [9.17, 15) is 8.42 Å². The Hall–Kier alpha value is 0.0900. The van der Waals surface area contributed by atoms with Crippen LogP contribution >= 0.6 is 31.9 Å². The first-order valence-electron chi connectivity index (χ1n) is 3.79. The van der Waals surface area contributed by atoms with E-state index < -0.39 is 10.0 Å². The second kappa shape index (κ2) is 4.74. The molecule has 0 aromatic heterocycles. The van der Waals surface area contributed by atoms with E-state index in [0.717, 1.165) is 10.0 Å². The summed E-state index contributed by atoms with van der Waals surface area (Å²) in [5, 5.41) is 0.503. The minimum Gasteiger partial charge on any atom is -0.214 e. The van der Waals surface area contributed by atoms with Crippen LogP contribution < -0.4 is 4.72 Å². The van der Waals surface area contributed by atoms with Crippen LogP contribution in [0.3, 0.4) is 0 Å². The van der Waals surface area contributed by atoms with Crippen molar-refractivity contribution in [2.45, 2.75) is 10.2 Å². The molecule has 0 aliphatic carbocycles. The molecule has 0 fully saturated rings. The number of rotatable bonds is 3. The van der Waals surface area contributed by atoms with Crippen LogP contribution in [0.4, 0.5) is 0 Å². The molecule has 6 heteroatoms. The maximum atomic E-state index is 11.5. The van der Waals surface area contributed by atoms with Gasteiger partial charge in [0.25, 0.3) is 0 Å². The largest absolute Gasteiger partial charge is 0.240 e. The first-order valence-corrected chi connectivity index (χ1v) is 7.19. The van der Waals surface area contributed by atoms with Gasteiger partial charge in [0, 0.05) is 9.80 Å². The third kappa shape index (κ3) is 2.56. The fraction of sp³-hybridized carbons (Fsp3) is 0.250. The van der Waals surface area contributed by atoms with Crippen LogP contribution in [0.2, 0.25) is 0 Å². The molecule has 0 saturated heterocycles. The number of benzene rings is 1. The topological polar surface area (TPSA) is 46.2 Å². The molecule has 1 aromatic rings. The molecule has 78 valence electrons. The van der Waals surface area contributed by atoms with Crippen molar-refractivity contribution < 1.29 is 8.42 Å². The van der Waals surface area contributed by atoms with Gasteiger partial charge in [0.1, 0.15) is 0 Å². The lowest BCUT2D eigenvalue weighted by atomic mass is 10.2. The molecule has 1 rings (SSSR count). The third-order valence-electron chi connectivity index (χ3n) is 1.72. The molecule has 0 atom stereocenters. The molecule has 1 N–H and O–H groups in total. The predicted molar refractivity (Wildman–Crippen MR) is 63.0 cm³/mol. The zero-order valence-electron chi connectivity index (χ0n) is 7.42. The van der Waals surface area contributed by atoms with Crippen molar-refractivity contribution in [1.29, 1.82) is 0 Å². The van der Waals surface area contributed by atoms with Crippen LogP contribution in [-0.2, 0) is 15.4 Å². The van der Waals surface area contributed by atoms with E-state index in [0.29, 0.717) is 10.2 Å². The SMILES string of the molecule is CNS(=O)(=O)c1ccc(Br)cc1CBr. The van der Waals surface area contributed by atoms with Crippen molar-refractivity contribution in [3.63, 3.8) is 0 Å². The third-order valence-corrected chi connectivity index (χ3v) is 4.34. The zero-order valence-corrected chi connectivity index (χ0v) is 11.4. The maximum absolute atomic E-state index is 11.5. The van der Waals surface area contributed by atoms with E-state index in [2.05, 4.69) is 36.6 Å². The van der Waals surface area contributed by atoms with Gasteiger partial charge in [-0.25, -0.2) is 13.1 Å². The second-order valence-electron chi connectivity index (χ2n) is 2.59. The Morgan fingerprint density at radius 3 is 2.57 bits per heavy atom. The molecule has 3 nitrogen and oxygen atoms in total. The van der Waals surface area contributed by atoms with Crippen molar-refractivity contribution in [2.75, 3.05) is 7.05 Å². The summed E-state index contributed by atoms with van der Waals surface area (Å²) in [5.74, 6) is 0. The molecule has 0 bridgehead atoms. The van der Waals surface area contributed by atoms with E-state index in [-0.39, 0.29) is 0 Å². The van der Waals surface area contributed by atoms with Gasteiger partial charge in [-0.3, -0.25) is 0 Å². The summed E-state index contributed by atoms with van der Waals surface area (Å²) >= 11 is 6.54. The quantitative estimate of drug-likeness (QED) is 0.856. The summed E-state index contributed by atoms with van der Waals surface area (Å²) in [5.41, 5.74) is 0.730. The normalized spacial score (nSPS) is 11.6. The molecular weight excluding hydrogens is 334 g/mol. The standard InChI is InChI=1S/C8H9Br2NO2S/c1-11-14(12,13)8-3-2-7(10)4-6(8)5-9/h2-4,11H,5H2,1H3. The summed E-state index contributed by atoms with van der Waals surface area (Å²) in [6.07, 6.45) is 0. The maximum Gasteiger partial charge on any atom is 0.240 e. The highest BCUT2D eigenvalue weighted by molar-refractivity contribution is 9.10. The summed E-state index contributed by atoms with van der Waals surface area (Å²) in [6, 6.07) is 5.06. The molecule has 0 amide bonds. The Morgan fingerprint density at radius 1 is 1.43 bits per heavy atom. The van der Waals surface area contributed by atoms with E-state index in [1.165, 1.54) is 7.05 Å². The van der Waals surface area contributed by atoms with E-state index in [1.807, 2.05) is 0 Å². The summed E-state index contributed by atoms with van der Waals surface area (Å²) in [4.78, 5) is 0.306. The monoisotopic (exact) mass is 341 g/mol. The molecule has 0 aliphatic rings. The fourth-order valence-electron chi connectivity index (χ4n) is 1.02. The molecule has 0 unspecified atom stereocenters. The Balaban J connectivity index is 3.35. The lowest BCUT2D eigenvalue weighted by molar-refractivity contribution is 0.587. The lowest BCUT2D eigenvalue weighted by Gasteiger charge is -2.07. The van der Waals surface area contributed by atoms with Crippen LogP contribution in [0.15, 0.2) is 27.6 Å². The van der Waals surface area contributed by atoms with Gasteiger partial charge < -0.3 is 0 Å². The molecule has 0 radical (unpaired) electrons. The molecule has 14 heavy (non-hydrogen) atoms. The number of sulfonamides is 1. The average molecular weight is 343 g/mol. The lowest BCUT2D eigenvalue weighted by Crippen LogP contribution is -2.19. The highest BCUT2D eigenvalue weighted by atomic mass is 79.9. The fourth-order valence-corrected chi connectivity index (χ4v) is 3.03. The first kappa shape index (κ1) is 12.2. The van der Waals surface area contributed by atoms with Gasteiger partial charge in [-0.15, -0.1) is 0 Å². The Labute approximate surface area is 100 Å². The molecule has 0 spiro atoms. The van der Waals surface area contributed by atoms with Gasteiger partial charge in [-0.2, -0.15) is 0 Å². The van der Waals surface area contributed by atoms with E-state index in [4.69, 9.17) is 0 Å². The molecule has 1 aromatic carbocycles. The van der Waals surface area contributed by atoms with E-state index in [1.54, 1.807) is 18.2 Å². The van der Waals surface area contributed by atoms with Crippen LogP contribution in [-0.4, -0.2) is 15.5 Å². The van der Waals surface area contributed by atoms with Crippen molar-refractivity contribution in [3.8, 4) is 0 Å². The highest BCUT2D eigenvalue weighted by Gasteiger charge is 2.15. The zero-order chi connectivity index (χ0) is 10.8. The minimum atomic E-state index is -3.36. The van der Waals surface area contributed by atoms with Gasteiger partial charge in [0.05, 0.1) is 4.90 Å². The average Bonchev–Trinajstić information content (AvgIpc) is 2.17. The van der Waals surface area contributed by atoms with E-state index >= 15 is 0 Å². The number of hydrogen-bond acceptors (Lipinski definition) is 2. The van der Waals surface area contributed by atoms with Crippen molar-refractivity contribution in [2.24, 2.45) is 0 Å². The van der Waals surface area contributed by atoms with Gasteiger partial charge in [-0.1, -0.05) is 31.9 Å². The number of hydrogen-bond donors (Lipinski definition) is 1. The van der Waals surface area contributed by atoms with Gasteiger partial charge >= 0.3 is 0 Å². The highest BCUT2D eigenvalue weighted by Crippen LogP contribution is 2.22. The minimum absolute atomic E-state index is 0.306. The van der Waals surface area contributed by atoms with Crippen LogP contribution in [0, 0.1) is 0 Å². The van der Waals surface area contributed by atoms with Crippen LogP contribution in [0.25, 0.3) is 0 Å². The summed E-state index contributed by atoms with van der Waals surface area (Å²) < 4.78 is 26.2. The Kier molecular flexibility index (Phi) is 4.12. The van der Waals surface area contributed by atoms with Gasteiger partial charge in [0.2, 0.25) is 10.0 Å². The second-order valence-corrected chi connectivity index (χ2v) is 5.92. The molecule has 0 heterocycles. The van der Waals surface area contributed by atoms with Gasteiger partial charge in [-0.05, 0) is 30.8 Å². The number of alkyl halides is 1. The molecular formula is C8H9Br2NO2S. The summed E-state index contributed by atoms with van der Waals surface area (Å²) in [6.45, 7) is 0. The number of halogens is 2. The predicted octanol–water partition coefficient (Wildman–Crippen LogP) is 2.25. The number of nitrogens with one attached hydrogen (secondary N) is 1. The first-order chi connectivity index (χ1) is 6.51. The van der Waals surface area contributed by atoms with Crippen LogP contribution in [0.5, 0.6) is 0 Å². The van der Waals surface area contributed by atoms with Crippen molar-refractivity contribution in [1.82, 2.24) is 4.72 Å². The summed E-state index contributed by atoms with van der Waals surface area (Å²) in [7, 11) is -1.96. The smallest absolute Gasteiger partial charge is 0.214 e. The Morgan fingerprint density at radius 2 is 2.07 bits per heavy atom.